The topological polar surface area (TPSA) is 82.8 Å². The number of hydrogen-bond acceptors (Lipinski definition) is 6. The molecule has 0 aliphatic rings. The Morgan fingerprint density at radius 3 is 2.33 bits per heavy atom. The van der Waals surface area contributed by atoms with Gasteiger partial charge in [0.25, 0.3) is 6.29 Å². The maximum Gasteiger partial charge on any atom is 0.347 e. The Kier molecular flexibility index (Phi) is 4.07. The highest BCUT2D eigenvalue weighted by molar-refractivity contribution is 5.80. The lowest BCUT2D eigenvalue weighted by molar-refractivity contribution is -0.186. The van der Waals surface area contributed by atoms with Crippen molar-refractivity contribution >= 4 is 22.9 Å². The fourth-order valence-electron chi connectivity index (χ4n) is 1.92. The number of ether oxygens (including phenoxy) is 2. The Hall–Kier alpha value is -2.63. The second-order valence-electron chi connectivity index (χ2n) is 4.53. The summed E-state index contributed by atoms with van der Waals surface area (Å²) >= 11 is 0. The summed E-state index contributed by atoms with van der Waals surface area (Å²) in [6.07, 6.45) is -1.42. The molecule has 0 amide bonds. The van der Waals surface area contributed by atoms with Crippen molar-refractivity contribution in [2.75, 3.05) is 0 Å². The van der Waals surface area contributed by atoms with Crippen LogP contribution in [0.1, 0.15) is 31.3 Å². The zero-order valence-corrected chi connectivity index (χ0v) is 11.8. The van der Waals surface area contributed by atoms with Gasteiger partial charge in [-0.25, -0.2) is 4.79 Å². The molecule has 110 valence electrons. The molecule has 0 atom stereocenters. The Balaban J connectivity index is 2.56. The largest absolute Gasteiger partial charge is 0.422 e. The van der Waals surface area contributed by atoms with Gasteiger partial charge in [0.1, 0.15) is 11.1 Å². The minimum absolute atomic E-state index is 0.0431. The highest BCUT2D eigenvalue weighted by Crippen LogP contribution is 2.23. The maximum absolute atomic E-state index is 12.0. The van der Waals surface area contributed by atoms with E-state index in [0.29, 0.717) is 11.0 Å². The fourth-order valence-corrected chi connectivity index (χ4v) is 1.92. The molecule has 6 heteroatoms. The molecule has 21 heavy (non-hydrogen) atoms. The van der Waals surface area contributed by atoms with Crippen molar-refractivity contribution in [3.63, 3.8) is 0 Å². The van der Waals surface area contributed by atoms with Gasteiger partial charge in [-0.15, -0.1) is 0 Å². The van der Waals surface area contributed by atoms with E-state index in [1.165, 1.54) is 6.07 Å². The molecule has 0 radical (unpaired) electrons. The summed E-state index contributed by atoms with van der Waals surface area (Å²) in [5.41, 5.74) is 0.478. The molecule has 2 aromatic rings. The molecule has 0 saturated heterocycles. The zero-order valence-electron chi connectivity index (χ0n) is 11.8. The van der Waals surface area contributed by atoms with E-state index in [-0.39, 0.29) is 5.56 Å². The summed E-state index contributed by atoms with van der Waals surface area (Å²) in [6, 6.07) is 6.84. The average molecular weight is 290 g/mol. The number of para-hydroxylation sites is 1. The molecule has 0 N–H and O–H groups in total. The third kappa shape index (κ3) is 3.28. The second kappa shape index (κ2) is 5.78. The molecule has 0 unspecified atom stereocenters. The molecule has 0 saturated carbocycles. The quantitative estimate of drug-likeness (QED) is 0.489. The standard InChI is InChI=1S/C15H14O6/c1-8-5-4-6-11-7-12(14(18)21-13(8)11)15(19-9(2)16)20-10(3)17/h4-7,15H,1-3H3. The van der Waals surface area contributed by atoms with Gasteiger partial charge in [-0.2, -0.15) is 0 Å². The van der Waals surface area contributed by atoms with Crippen molar-refractivity contribution in [1.82, 2.24) is 0 Å². The first-order valence-corrected chi connectivity index (χ1v) is 6.26. The molecular formula is C15H14O6. The van der Waals surface area contributed by atoms with E-state index in [1.807, 2.05) is 0 Å². The monoisotopic (exact) mass is 290 g/mol. The van der Waals surface area contributed by atoms with Gasteiger partial charge in [-0.05, 0) is 18.6 Å². The molecule has 1 heterocycles. The van der Waals surface area contributed by atoms with Crippen LogP contribution in [0.5, 0.6) is 0 Å². The first-order valence-electron chi connectivity index (χ1n) is 6.26. The van der Waals surface area contributed by atoms with Crippen LogP contribution in [-0.2, 0) is 19.1 Å². The van der Waals surface area contributed by atoms with E-state index in [2.05, 4.69) is 0 Å². The van der Waals surface area contributed by atoms with Crippen LogP contribution in [0.15, 0.2) is 33.5 Å². The van der Waals surface area contributed by atoms with E-state index >= 15 is 0 Å². The van der Waals surface area contributed by atoms with Crippen LogP contribution in [0.3, 0.4) is 0 Å². The van der Waals surface area contributed by atoms with Crippen LogP contribution >= 0.6 is 0 Å². The van der Waals surface area contributed by atoms with Crippen LogP contribution in [0.25, 0.3) is 11.0 Å². The van der Waals surface area contributed by atoms with Crippen molar-refractivity contribution < 1.29 is 23.5 Å². The average Bonchev–Trinajstić information content (AvgIpc) is 2.37. The summed E-state index contributed by atoms with van der Waals surface area (Å²) < 4.78 is 15.0. The van der Waals surface area contributed by atoms with E-state index < -0.39 is 23.9 Å². The molecule has 0 aliphatic heterocycles. The number of rotatable bonds is 3. The molecule has 2 rings (SSSR count). The first kappa shape index (κ1) is 14.8. The van der Waals surface area contributed by atoms with Crippen LogP contribution in [-0.4, -0.2) is 11.9 Å². The molecule has 1 aromatic heterocycles. The fraction of sp³-hybridized carbons (Fsp3) is 0.267. The van der Waals surface area contributed by atoms with Gasteiger partial charge >= 0.3 is 17.6 Å². The summed E-state index contributed by atoms with van der Waals surface area (Å²) in [6.45, 7) is 4.12. The lowest BCUT2D eigenvalue weighted by Crippen LogP contribution is -2.21. The third-order valence-corrected chi connectivity index (χ3v) is 2.78. The number of esters is 2. The van der Waals surface area contributed by atoms with Crippen LogP contribution in [0, 0.1) is 6.92 Å². The maximum atomic E-state index is 12.0. The smallest absolute Gasteiger partial charge is 0.347 e. The summed E-state index contributed by atoms with van der Waals surface area (Å²) in [7, 11) is 0. The first-order chi connectivity index (χ1) is 9.88. The summed E-state index contributed by atoms with van der Waals surface area (Å²) in [5, 5.41) is 0.647. The predicted molar refractivity (Wildman–Crippen MR) is 73.5 cm³/mol. The van der Waals surface area contributed by atoms with Crippen LogP contribution in [0.4, 0.5) is 0 Å². The highest BCUT2D eigenvalue weighted by Gasteiger charge is 2.23. The molecule has 0 aliphatic carbocycles. The van der Waals surface area contributed by atoms with Gasteiger partial charge in [0.15, 0.2) is 0 Å². The van der Waals surface area contributed by atoms with Crippen molar-refractivity contribution in [2.24, 2.45) is 0 Å². The molecular weight excluding hydrogens is 276 g/mol. The summed E-state index contributed by atoms with van der Waals surface area (Å²) in [5.74, 6) is -1.35. The normalized spacial score (nSPS) is 10.7. The molecule has 0 bridgehead atoms. The van der Waals surface area contributed by atoms with Crippen LogP contribution in [0.2, 0.25) is 0 Å². The molecule has 6 nitrogen and oxygen atoms in total. The number of benzene rings is 1. The van der Waals surface area contributed by atoms with Gasteiger partial charge < -0.3 is 13.9 Å². The number of aryl methyl sites for hydroxylation is 1. The Morgan fingerprint density at radius 2 is 1.76 bits per heavy atom. The van der Waals surface area contributed by atoms with Gasteiger partial charge in [-0.1, -0.05) is 18.2 Å². The van der Waals surface area contributed by atoms with Crippen molar-refractivity contribution in [1.29, 1.82) is 0 Å². The van der Waals surface area contributed by atoms with Gasteiger partial charge in [0.2, 0.25) is 0 Å². The number of hydrogen-bond donors (Lipinski definition) is 0. The number of carbonyl (C=O) groups excluding carboxylic acids is 2. The second-order valence-corrected chi connectivity index (χ2v) is 4.53. The van der Waals surface area contributed by atoms with Crippen molar-refractivity contribution in [3.8, 4) is 0 Å². The number of fused-ring (bicyclic) bond motifs is 1. The Bertz CT molecular complexity index is 742. The lowest BCUT2D eigenvalue weighted by Gasteiger charge is -2.16. The SMILES string of the molecule is CC(=O)OC(OC(C)=O)c1cc2cccc(C)c2oc1=O. The Morgan fingerprint density at radius 1 is 1.14 bits per heavy atom. The van der Waals surface area contributed by atoms with E-state index in [0.717, 1.165) is 19.4 Å². The molecule has 1 aromatic carbocycles. The highest BCUT2D eigenvalue weighted by atomic mass is 16.7. The predicted octanol–water partition coefficient (Wildman–Crippen LogP) is 2.23. The third-order valence-electron chi connectivity index (χ3n) is 2.78. The number of carbonyl (C=O) groups is 2. The molecule has 0 spiro atoms. The van der Waals surface area contributed by atoms with Crippen molar-refractivity contribution in [3.05, 3.63) is 45.8 Å². The Labute approximate surface area is 120 Å². The van der Waals surface area contributed by atoms with Crippen LogP contribution < -0.4 is 5.63 Å². The minimum atomic E-state index is -1.42. The van der Waals surface area contributed by atoms with E-state index in [9.17, 15) is 14.4 Å². The van der Waals surface area contributed by atoms with Crippen molar-refractivity contribution in [2.45, 2.75) is 27.1 Å². The van der Waals surface area contributed by atoms with Gasteiger partial charge in [0.05, 0.1) is 0 Å². The minimum Gasteiger partial charge on any atom is -0.422 e. The zero-order chi connectivity index (χ0) is 15.6. The molecule has 0 fully saturated rings. The van der Waals surface area contributed by atoms with E-state index in [4.69, 9.17) is 13.9 Å². The van der Waals surface area contributed by atoms with E-state index in [1.54, 1.807) is 25.1 Å². The van der Waals surface area contributed by atoms with Gasteiger partial charge in [-0.3, -0.25) is 9.59 Å². The summed E-state index contributed by atoms with van der Waals surface area (Å²) in [4.78, 5) is 34.2. The van der Waals surface area contributed by atoms with Gasteiger partial charge in [0, 0.05) is 19.2 Å². The lowest BCUT2D eigenvalue weighted by atomic mass is 10.1.